The molecule has 0 fully saturated rings. The second kappa shape index (κ2) is 6.96. The minimum atomic E-state index is 0.0879. The van der Waals surface area contributed by atoms with Crippen LogP contribution in [0.5, 0.6) is 0 Å². The molecular formula is C20H24N4O2S. The van der Waals surface area contributed by atoms with Gasteiger partial charge in [-0.05, 0) is 31.9 Å². The second-order valence-corrected chi connectivity index (χ2v) is 8.80. The fraction of sp³-hybridized carbons (Fsp3) is 0.450. The summed E-state index contributed by atoms with van der Waals surface area (Å²) in [5.41, 5.74) is 3.02. The van der Waals surface area contributed by atoms with E-state index in [2.05, 4.69) is 23.5 Å². The van der Waals surface area contributed by atoms with Crippen LogP contribution in [0.25, 0.3) is 11.6 Å². The molecule has 0 unspecified atom stereocenters. The van der Waals surface area contributed by atoms with E-state index >= 15 is 0 Å². The molecule has 0 atom stereocenters. The summed E-state index contributed by atoms with van der Waals surface area (Å²) in [6.07, 6.45) is 2.51. The van der Waals surface area contributed by atoms with Gasteiger partial charge in [-0.3, -0.25) is 9.48 Å². The number of carbonyl (C=O) groups excluding carboxylic acids is 1. The number of fused-ring (bicyclic) bond motifs is 1. The van der Waals surface area contributed by atoms with Crippen LogP contribution in [0.1, 0.15) is 45.4 Å². The Morgan fingerprint density at radius 1 is 1.33 bits per heavy atom. The predicted octanol–water partition coefficient (Wildman–Crippen LogP) is 4.07. The van der Waals surface area contributed by atoms with Gasteiger partial charge in [0.2, 0.25) is 5.89 Å². The second-order valence-electron chi connectivity index (χ2n) is 7.51. The van der Waals surface area contributed by atoms with Gasteiger partial charge in [0, 0.05) is 35.6 Å². The molecule has 7 heteroatoms. The summed E-state index contributed by atoms with van der Waals surface area (Å²) in [6.45, 7) is 10.4. The Bertz CT molecular complexity index is 982. The first-order valence-corrected chi connectivity index (χ1v) is 10.1. The van der Waals surface area contributed by atoms with E-state index in [1.807, 2.05) is 30.9 Å². The first-order valence-electron chi connectivity index (χ1n) is 9.29. The number of aromatic nitrogens is 3. The number of nitrogens with zero attached hydrogens (tertiary/aromatic N) is 4. The lowest BCUT2D eigenvalue weighted by atomic mass is 10.0. The third-order valence-corrected chi connectivity index (χ3v) is 5.72. The lowest BCUT2D eigenvalue weighted by molar-refractivity contribution is 0.0738. The highest BCUT2D eigenvalue weighted by Crippen LogP contribution is 2.31. The number of carbonyl (C=O) groups is 1. The van der Waals surface area contributed by atoms with Gasteiger partial charge in [-0.15, -0.1) is 11.3 Å². The Balaban J connectivity index is 1.70. The van der Waals surface area contributed by atoms with E-state index in [4.69, 9.17) is 9.52 Å². The maximum atomic E-state index is 12.9. The first kappa shape index (κ1) is 18.0. The van der Waals surface area contributed by atoms with E-state index in [0.29, 0.717) is 24.9 Å². The van der Waals surface area contributed by atoms with Gasteiger partial charge >= 0.3 is 0 Å². The molecule has 1 aliphatic rings. The monoisotopic (exact) mass is 384 g/mol. The molecular weight excluding hydrogens is 360 g/mol. The van der Waals surface area contributed by atoms with Gasteiger partial charge < -0.3 is 9.32 Å². The molecule has 1 aliphatic heterocycles. The molecule has 0 spiro atoms. The maximum Gasteiger partial charge on any atom is 0.264 e. The Labute approximate surface area is 162 Å². The van der Waals surface area contributed by atoms with Crippen molar-refractivity contribution in [3.05, 3.63) is 45.1 Å². The summed E-state index contributed by atoms with van der Waals surface area (Å²) >= 11 is 1.55. The van der Waals surface area contributed by atoms with Gasteiger partial charge in [-0.2, -0.15) is 5.10 Å². The quantitative estimate of drug-likeness (QED) is 0.680. The molecule has 1 amide bonds. The largest absolute Gasteiger partial charge is 0.440 e. The van der Waals surface area contributed by atoms with Crippen LogP contribution in [0.4, 0.5) is 0 Å². The normalized spacial score (nSPS) is 14.0. The Hall–Kier alpha value is -2.41. The lowest BCUT2D eigenvalue weighted by Crippen LogP contribution is -2.36. The third kappa shape index (κ3) is 3.43. The van der Waals surface area contributed by atoms with Crippen molar-refractivity contribution < 1.29 is 9.21 Å². The molecule has 0 bridgehead atoms. The zero-order valence-corrected chi connectivity index (χ0v) is 17.0. The number of rotatable bonds is 4. The summed E-state index contributed by atoms with van der Waals surface area (Å²) in [7, 11) is 0. The van der Waals surface area contributed by atoms with Gasteiger partial charge in [0.05, 0.1) is 17.6 Å². The van der Waals surface area contributed by atoms with Crippen molar-refractivity contribution >= 4 is 17.2 Å². The van der Waals surface area contributed by atoms with E-state index in [9.17, 15) is 4.79 Å². The average molecular weight is 385 g/mol. The van der Waals surface area contributed by atoms with Crippen LogP contribution in [-0.4, -0.2) is 32.1 Å². The van der Waals surface area contributed by atoms with Crippen molar-refractivity contribution in [2.24, 2.45) is 5.92 Å². The van der Waals surface area contributed by atoms with Crippen molar-refractivity contribution in [3.63, 3.8) is 0 Å². The fourth-order valence-corrected chi connectivity index (χ4v) is 4.34. The summed E-state index contributed by atoms with van der Waals surface area (Å²) in [5, 5.41) is 4.81. The highest BCUT2D eigenvalue weighted by molar-refractivity contribution is 7.13. The highest BCUT2D eigenvalue weighted by atomic mass is 32.1. The van der Waals surface area contributed by atoms with Crippen LogP contribution in [0, 0.1) is 19.8 Å². The Morgan fingerprint density at radius 2 is 2.15 bits per heavy atom. The van der Waals surface area contributed by atoms with Gasteiger partial charge in [0.15, 0.2) is 5.69 Å². The minimum Gasteiger partial charge on any atom is -0.440 e. The Morgan fingerprint density at radius 3 is 2.78 bits per heavy atom. The van der Waals surface area contributed by atoms with E-state index < -0.39 is 0 Å². The molecule has 0 radical (unpaired) electrons. The Kier molecular flexibility index (Phi) is 4.63. The summed E-state index contributed by atoms with van der Waals surface area (Å²) in [6, 6.07) is 3.91. The van der Waals surface area contributed by atoms with Crippen LogP contribution in [-0.2, 0) is 19.5 Å². The maximum absolute atomic E-state index is 12.9. The molecule has 4 heterocycles. The number of oxazole rings is 1. The van der Waals surface area contributed by atoms with Crippen molar-refractivity contribution in [3.8, 4) is 11.6 Å². The zero-order valence-electron chi connectivity index (χ0n) is 16.2. The number of amides is 1. The van der Waals surface area contributed by atoms with Crippen LogP contribution >= 0.6 is 11.3 Å². The molecule has 142 valence electrons. The van der Waals surface area contributed by atoms with E-state index in [1.165, 1.54) is 5.69 Å². The summed E-state index contributed by atoms with van der Waals surface area (Å²) in [5.74, 6) is 1.87. The molecule has 6 nitrogen and oxygen atoms in total. The van der Waals surface area contributed by atoms with Crippen molar-refractivity contribution in [1.29, 1.82) is 0 Å². The highest BCUT2D eigenvalue weighted by Gasteiger charge is 2.30. The molecule has 27 heavy (non-hydrogen) atoms. The average Bonchev–Trinajstić information content (AvgIpc) is 3.33. The molecule has 0 aromatic carbocycles. The van der Waals surface area contributed by atoms with Gasteiger partial charge in [-0.25, -0.2) is 4.98 Å². The van der Waals surface area contributed by atoms with E-state index in [1.54, 1.807) is 17.5 Å². The van der Waals surface area contributed by atoms with Crippen LogP contribution < -0.4 is 0 Å². The molecule has 0 N–H and O–H groups in total. The smallest absolute Gasteiger partial charge is 0.264 e. The van der Waals surface area contributed by atoms with Crippen LogP contribution in [0.3, 0.4) is 0 Å². The predicted molar refractivity (Wildman–Crippen MR) is 105 cm³/mol. The lowest BCUT2D eigenvalue weighted by Gasteiger charge is -2.27. The third-order valence-electron chi connectivity index (χ3n) is 4.73. The molecule has 4 rings (SSSR count). The van der Waals surface area contributed by atoms with Crippen molar-refractivity contribution in [2.45, 2.75) is 47.2 Å². The standard InChI is InChI=1S/C20H24N4O2S/c1-12(2)10-24-16-7-8-23(20(25)17-6-5-14(4)27-17)11-15(16)18(22-24)19-21-9-13(3)26-19/h5-6,9,12H,7-8,10-11H2,1-4H3. The topological polar surface area (TPSA) is 64.2 Å². The number of thiophene rings is 1. The van der Waals surface area contributed by atoms with Crippen LogP contribution in [0.15, 0.2) is 22.7 Å². The molecule has 0 saturated heterocycles. The van der Waals surface area contributed by atoms with Crippen molar-refractivity contribution in [1.82, 2.24) is 19.7 Å². The minimum absolute atomic E-state index is 0.0879. The molecule has 3 aromatic heterocycles. The summed E-state index contributed by atoms with van der Waals surface area (Å²) < 4.78 is 7.82. The fourth-order valence-electron chi connectivity index (χ4n) is 3.50. The van der Waals surface area contributed by atoms with E-state index in [-0.39, 0.29) is 5.91 Å². The SMILES string of the molecule is Cc1cnc(-c2nn(CC(C)C)c3c2CN(C(=O)c2ccc(C)s2)CC3)o1. The molecule has 0 saturated carbocycles. The van der Waals surface area contributed by atoms with Gasteiger partial charge in [0.1, 0.15) is 5.76 Å². The number of aryl methyl sites for hydroxylation is 2. The van der Waals surface area contributed by atoms with Crippen molar-refractivity contribution in [2.75, 3.05) is 6.54 Å². The number of hydrogen-bond acceptors (Lipinski definition) is 5. The van der Waals surface area contributed by atoms with Gasteiger partial charge in [0.25, 0.3) is 5.91 Å². The number of hydrogen-bond donors (Lipinski definition) is 0. The first-order chi connectivity index (χ1) is 12.9. The summed E-state index contributed by atoms with van der Waals surface area (Å²) in [4.78, 5) is 21.2. The van der Waals surface area contributed by atoms with Gasteiger partial charge in [-0.1, -0.05) is 13.8 Å². The zero-order chi connectivity index (χ0) is 19.1. The molecule has 3 aromatic rings. The van der Waals surface area contributed by atoms with Crippen LogP contribution in [0.2, 0.25) is 0 Å². The molecule has 0 aliphatic carbocycles. The van der Waals surface area contributed by atoms with E-state index in [0.717, 1.165) is 39.7 Å².